The molecule has 0 bridgehead atoms. The maximum absolute atomic E-state index is 13.2. The SMILES string of the molecule is O=C(NCc1cc(C(F)(F)F)nn1-c1cccc(Cl)c1)Nc1cccc2c1C[C@H](O)CC2. The number of aliphatic hydroxyl groups is 1. The van der Waals surface area contributed by atoms with E-state index in [1.807, 2.05) is 12.1 Å². The molecule has 0 unspecified atom stereocenters. The van der Waals surface area contributed by atoms with Crippen LogP contribution in [0.25, 0.3) is 5.69 Å². The Morgan fingerprint density at radius 1 is 1.22 bits per heavy atom. The molecular formula is C22H20ClF3N4O2. The number of hydrogen-bond donors (Lipinski definition) is 3. The number of carbonyl (C=O) groups is 1. The zero-order chi connectivity index (χ0) is 22.9. The summed E-state index contributed by atoms with van der Waals surface area (Å²) in [6.07, 6.45) is -3.29. The molecule has 3 aromatic rings. The van der Waals surface area contributed by atoms with Crippen molar-refractivity contribution in [3.63, 3.8) is 0 Å². The van der Waals surface area contributed by atoms with Crippen LogP contribution in [0, 0.1) is 0 Å². The van der Waals surface area contributed by atoms with E-state index in [9.17, 15) is 23.1 Å². The van der Waals surface area contributed by atoms with Gasteiger partial charge in [0.1, 0.15) is 0 Å². The van der Waals surface area contributed by atoms with Gasteiger partial charge in [0.15, 0.2) is 5.69 Å². The highest BCUT2D eigenvalue weighted by atomic mass is 35.5. The number of nitrogens with zero attached hydrogens (tertiary/aromatic N) is 2. The number of carbonyl (C=O) groups excluding carboxylic acids is 1. The fraction of sp³-hybridized carbons (Fsp3) is 0.273. The Morgan fingerprint density at radius 3 is 2.75 bits per heavy atom. The molecule has 0 saturated heterocycles. The van der Waals surface area contributed by atoms with Gasteiger partial charge in [0.2, 0.25) is 0 Å². The van der Waals surface area contributed by atoms with Crippen LogP contribution in [-0.2, 0) is 25.6 Å². The predicted octanol–water partition coefficient (Wildman–Crippen LogP) is 4.72. The molecule has 2 aromatic carbocycles. The lowest BCUT2D eigenvalue weighted by Gasteiger charge is -2.23. The maximum Gasteiger partial charge on any atom is 0.435 e. The van der Waals surface area contributed by atoms with Crippen LogP contribution in [0.3, 0.4) is 0 Å². The van der Waals surface area contributed by atoms with Crippen molar-refractivity contribution in [3.05, 3.63) is 76.1 Å². The number of alkyl halides is 3. The molecule has 0 radical (unpaired) electrons. The number of halogens is 4. The summed E-state index contributed by atoms with van der Waals surface area (Å²) in [6.45, 7) is -0.195. The van der Waals surface area contributed by atoms with Crippen molar-refractivity contribution in [2.24, 2.45) is 0 Å². The largest absolute Gasteiger partial charge is 0.435 e. The summed E-state index contributed by atoms with van der Waals surface area (Å²) < 4.78 is 40.8. The van der Waals surface area contributed by atoms with Crippen LogP contribution in [0.5, 0.6) is 0 Å². The standard InChI is InChI=1S/C22H20ClF3N4O2/c23-14-4-2-5-15(9-14)30-16(10-20(29-30)22(24,25)26)12-27-21(32)28-19-6-1-3-13-7-8-17(31)11-18(13)19/h1-6,9-10,17,31H,7-8,11-12H2,(H2,27,28,32)/t17-/m1/s1. The van der Waals surface area contributed by atoms with Gasteiger partial charge in [0.05, 0.1) is 24.0 Å². The molecule has 0 spiro atoms. The maximum atomic E-state index is 13.2. The Bertz CT molecular complexity index is 1150. The average molecular weight is 465 g/mol. The van der Waals surface area contributed by atoms with Crippen molar-refractivity contribution in [2.45, 2.75) is 38.1 Å². The van der Waals surface area contributed by atoms with Crippen molar-refractivity contribution in [3.8, 4) is 5.69 Å². The summed E-state index contributed by atoms with van der Waals surface area (Å²) in [5, 5.41) is 19.3. The number of amides is 2. The second-order valence-corrected chi connectivity index (χ2v) is 7.99. The van der Waals surface area contributed by atoms with E-state index in [-0.39, 0.29) is 12.2 Å². The van der Waals surface area contributed by atoms with Gasteiger partial charge in [-0.25, -0.2) is 9.48 Å². The topological polar surface area (TPSA) is 79.2 Å². The fourth-order valence-electron chi connectivity index (χ4n) is 3.74. The van der Waals surface area contributed by atoms with E-state index in [2.05, 4.69) is 15.7 Å². The van der Waals surface area contributed by atoms with Crippen molar-refractivity contribution < 1.29 is 23.1 Å². The zero-order valence-electron chi connectivity index (χ0n) is 16.8. The smallest absolute Gasteiger partial charge is 0.393 e. The lowest BCUT2D eigenvalue weighted by molar-refractivity contribution is -0.141. The summed E-state index contributed by atoms with van der Waals surface area (Å²) in [5.74, 6) is 0. The molecule has 4 rings (SSSR count). The first kappa shape index (κ1) is 22.2. The molecule has 10 heteroatoms. The minimum absolute atomic E-state index is 0.139. The Labute approximate surface area is 187 Å². The third-order valence-electron chi connectivity index (χ3n) is 5.26. The fourth-order valence-corrected chi connectivity index (χ4v) is 3.92. The number of aromatic nitrogens is 2. The highest BCUT2D eigenvalue weighted by Gasteiger charge is 2.35. The molecule has 0 saturated carbocycles. The van der Waals surface area contributed by atoms with Gasteiger partial charge in [-0.15, -0.1) is 0 Å². The molecule has 0 fully saturated rings. The normalized spacial score (nSPS) is 15.8. The third-order valence-corrected chi connectivity index (χ3v) is 5.50. The first-order chi connectivity index (χ1) is 15.2. The van der Waals surface area contributed by atoms with Gasteiger partial charge in [-0.05, 0) is 54.3 Å². The van der Waals surface area contributed by atoms with Crippen molar-refractivity contribution in [1.82, 2.24) is 15.1 Å². The minimum atomic E-state index is -4.63. The number of nitrogens with one attached hydrogen (secondary N) is 2. The van der Waals surface area contributed by atoms with Crippen LogP contribution in [0.1, 0.15) is 28.9 Å². The number of rotatable bonds is 4. The highest BCUT2D eigenvalue weighted by Crippen LogP contribution is 2.30. The Hall–Kier alpha value is -3.04. The molecule has 1 heterocycles. The van der Waals surface area contributed by atoms with Crippen LogP contribution >= 0.6 is 11.6 Å². The van der Waals surface area contributed by atoms with E-state index >= 15 is 0 Å². The van der Waals surface area contributed by atoms with Crippen LogP contribution < -0.4 is 10.6 Å². The minimum Gasteiger partial charge on any atom is -0.393 e. The van der Waals surface area contributed by atoms with E-state index in [4.69, 9.17) is 11.6 Å². The van der Waals surface area contributed by atoms with Crippen LogP contribution in [0.4, 0.5) is 23.7 Å². The Kier molecular flexibility index (Phi) is 6.12. The number of aryl methyl sites for hydroxylation is 1. The van der Waals surface area contributed by atoms with Crippen molar-refractivity contribution in [1.29, 1.82) is 0 Å². The van der Waals surface area contributed by atoms with Crippen molar-refractivity contribution in [2.75, 3.05) is 5.32 Å². The van der Waals surface area contributed by atoms with E-state index in [1.165, 1.54) is 6.07 Å². The Morgan fingerprint density at radius 2 is 2.00 bits per heavy atom. The number of hydrogen-bond acceptors (Lipinski definition) is 3. The van der Waals surface area contributed by atoms with Crippen LogP contribution in [0.2, 0.25) is 5.02 Å². The lowest BCUT2D eigenvalue weighted by atomic mass is 9.88. The van der Waals surface area contributed by atoms with E-state index in [0.29, 0.717) is 35.7 Å². The highest BCUT2D eigenvalue weighted by molar-refractivity contribution is 6.30. The van der Waals surface area contributed by atoms with Gasteiger partial charge in [-0.3, -0.25) is 0 Å². The molecular weight excluding hydrogens is 445 g/mol. The van der Waals surface area contributed by atoms with Gasteiger partial charge < -0.3 is 15.7 Å². The molecule has 6 nitrogen and oxygen atoms in total. The number of anilines is 1. The number of aliphatic hydroxyl groups excluding tert-OH is 1. The third kappa shape index (κ3) is 4.89. The molecule has 1 aliphatic carbocycles. The van der Waals surface area contributed by atoms with Gasteiger partial charge in [0.25, 0.3) is 0 Å². The number of urea groups is 1. The van der Waals surface area contributed by atoms with E-state index in [0.717, 1.165) is 21.9 Å². The summed E-state index contributed by atoms with van der Waals surface area (Å²) in [7, 11) is 0. The van der Waals surface area contributed by atoms with Crippen LogP contribution in [-0.4, -0.2) is 27.0 Å². The van der Waals surface area contributed by atoms with Gasteiger partial charge in [-0.1, -0.05) is 29.8 Å². The number of fused-ring (bicyclic) bond motifs is 1. The molecule has 32 heavy (non-hydrogen) atoms. The molecule has 2 amide bonds. The Balaban J connectivity index is 1.53. The quantitative estimate of drug-likeness (QED) is 0.523. The number of benzene rings is 2. The average Bonchev–Trinajstić information content (AvgIpc) is 3.18. The van der Waals surface area contributed by atoms with E-state index < -0.39 is 24.0 Å². The summed E-state index contributed by atoms with van der Waals surface area (Å²) in [5.41, 5.74) is 1.90. The van der Waals surface area contributed by atoms with Crippen molar-refractivity contribution >= 4 is 23.3 Å². The summed E-state index contributed by atoms with van der Waals surface area (Å²) in [4.78, 5) is 12.5. The lowest BCUT2D eigenvalue weighted by Crippen LogP contribution is -2.30. The summed E-state index contributed by atoms with van der Waals surface area (Å²) in [6, 6.07) is 12.1. The summed E-state index contributed by atoms with van der Waals surface area (Å²) >= 11 is 5.97. The van der Waals surface area contributed by atoms with E-state index in [1.54, 1.807) is 24.3 Å². The van der Waals surface area contributed by atoms with Gasteiger partial charge >= 0.3 is 12.2 Å². The molecule has 168 valence electrons. The zero-order valence-corrected chi connectivity index (χ0v) is 17.5. The first-order valence-corrected chi connectivity index (χ1v) is 10.3. The molecule has 1 atom stereocenters. The first-order valence-electron chi connectivity index (χ1n) is 9.96. The van der Waals surface area contributed by atoms with Crippen LogP contribution in [0.15, 0.2) is 48.5 Å². The second kappa shape index (κ2) is 8.84. The van der Waals surface area contributed by atoms with Gasteiger partial charge in [-0.2, -0.15) is 18.3 Å². The molecule has 3 N–H and O–H groups in total. The molecule has 1 aliphatic rings. The molecule has 1 aromatic heterocycles. The molecule has 0 aliphatic heterocycles. The predicted molar refractivity (Wildman–Crippen MR) is 114 cm³/mol. The monoisotopic (exact) mass is 464 g/mol. The van der Waals surface area contributed by atoms with Gasteiger partial charge in [0, 0.05) is 17.1 Å². The second-order valence-electron chi connectivity index (χ2n) is 7.56.